The number of thiophene rings is 1. The molecule has 122 valence electrons. The molecule has 7 heteroatoms. The molecule has 1 N–H and O–H groups in total. The number of hydrogen-bond acceptors (Lipinski definition) is 4. The molecule has 0 aliphatic carbocycles. The molecule has 1 heterocycles. The summed E-state index contributed by atoms with van der Waals surface area (Å²) in [6.45, 7) is 3.80. The summed E-state index contributed by atoms with van der Waals surface area (Å²) in [5, 5.41) is 2.82. The van der Waals surface area contributed by atoms with Crippen molar-refractivity contribution in [2.45, 2.75) is 20.3 Å². The van der Waals surface area contributed by atoms with Crippen molar-refractivity contribution in [3.63, 3.8) is 0 Å². The molecule has 1 amide bonds. The van der Waals surface area contributed by atoms with Crippen LogP contribution in [0.25, 0.3) is 0 Å². The van der Waals surface area contributed by atoms with Gasteiger partial charge in [-0.2, -0.15) is 0 Å². The van der Waals surface area contributed by atoms with E-state index in [2.05, 4.69) is 5.32 Å². The lowest BCUT2D eigenvalue weighted by atomic mass is 10.2. The minimum Gasteiger partial charge on any atom is -0.462 e. The van der Waals surface area contributed by atoms with Crippen molar-refractivity contribution in [3.8, 4) is 0 Å². The van der Waals surface area contributed by atoms with Crippen molar-refractivity contribution >= 4 is 28.2 Å². The first-order valence-corrected chi connectivity index (χ1v) is 7.83. The molecule has 0 spiro atoms. The Morgan fingerprint density at radius 1 is 1.13 bits per heavy atom. The van der Waals surface area contributed by atoms with Gasteiger partial charge in [-0.05, 0) is 31.5 Å². The van der Waals surface area contributed by atoms with Crippen molar-refractivity contribution in [1.82, 2.24) is 0 Å². The predicted octanol–water partition coefficient (Wildman–Crippen LogP) is 4.02. The molecule has 0 bridgehead atoms. The fraction of sp³-hybridized carbons (Fsp3) is 0.250. The van der Waals surface area contributed by atoms with Crippen molar-refractivity contribution in [2.75, 3.05) is 11.9 Å². The van der Waals surface area contributed by atoms with E-state index in [1.54, 1.807) is 13.0 Å². The molecule has 0 aliphatic rings. The third-order valence-corrected chi connectivity index (χ3v) is 4.17. The number of hydrogen-bond donors (Lipinski definition) is 1. The van der Waals surface area contributed by atoms with E-state index in [0.717, 1.165) is 17.0 Å². The maximum atomic E-state index is 13.2. The fourth-order valence-corrected chi connectivity index (χ4v) is 2.91. The summed E-state index contributed by atoms with van der Waals surface area (Å²) in [4.78, 5) is 25.0. The van der Waals surface area contributed by atoms with E-state index >= 15 is 0 Å². The van der Waals surface area contributed by atoms with Crippen LogP contribution in [0.1, 0.15) is 39.4 Å². The highest BCUT2D eigenvalue weighted by atomic mass is 32.1. The Bertz CT molecular complexity index is 723. The van der Waals surface area contributed by atoms with Gasteiger partial charge in [0.15, 0.2) is 0 Å². The first-order valence-electron chi connectivity index (χ1n) is 7.01. The van der Waals surface area contributed by atoms with E-state index in [-0.39, 0.29) is 17.7 Å². The van der Waals surface area contributed by atoms with Gasteiger partial charge in [-0.15, -0.1) is 11.3 Å². The Kier molecular flexibility index (Phi) is 5.44. The number of aryl methyl sites for hydroxylation is 1. The van der Waals surface area contributed by atoms with Crippen LogP contribution < -0.4 is 5.32 Å². The lowest BCUT2D eigenvalue weighted by molar-refractivity contribution is 0.0528. The Labute approximate surface area is 136 Å². The standard InChI is InChI=1S/C16H15F2NO3S/c1-3-12-8-13(16(21)22-4-2)15(23-12)19-14(20)9-5-10(17)7-11(18)6-9/h5-8H,3-4H2,1-2H3,(H,19,20). The number of anilines is 1. The Morgan fingerprint density at radius 3 is 2.35 bits per heavy atom. The smallest absolute Gasteiger partial charge is 0.341 e. The summed E-state index contributed by atoms with van der Waals surface area (Å²) in [6.07, 6.45) is 0.682. The maximum Gasteiger partial charge on any atom is 0.341 e. The number of carbonyl (C=O) groups is 2. The molecule has 2 aromatic rings. The van der Waals surface area contributed by atoms with Crippen LogP contribution in [0.15, 0.2) is 24.3 Å². The quantitative estimate of drug-likeness (QED) is 0.837. The number of nitrogens with one attached hydrogen (secondary N) is 1. The van der Waals surface area contributed by atoms with Crippen LogP contribution in [0, 0.1) is 11.6 Å². The number of ether oxygens (including phenoxy) is 1. The van der Waals surface area contributed by atoms with E-state index in [1.165, 1.54) is 11.3 Å². The van der Waals surface area contributed by atoms with E-state index in [4.69, 9.17) is 4.74 Å². The summed E-state index contributed by atoms with van der Waals surface area (Å²) in [7, 11) is 0. The van der Waals surface area contributed by atoms with E-state index < -0.39 is 23.5 Å². The average molecular weight is 339 g/mol. The summed E-state index contributed by atoms with van der Waals surface area (Å²) in [6, 6.07) is 4.18. The van der Waals surface area contributed by atoms with Gasteiger partial charge in [0, 0.05) is 16.5 Å². The summed E-state index contributed by atoms with van der Waals surface area (Å²) >= 11 is 1.22. The first kappa shape index (κ1) is 17.1. The van der Waals surface area contributed by atoms with Gasteiger partial charge in [0.1, 0.15) is 16.6 Å². The van der Waals surface area contributed by atoms with Crippen LogP contribution in [-0.4, -0.2) is 18.5 Å². The molecule has 1 aromatic carbocycles. The normalized spacial score (nSPS) is 10.4. The third-order valence-electron chi connectivity index (χ3n) is 2.98. The number of rotatable bonds is 5. The van der Waals surface area contributed by atoms with Crippen LogP contribution in [0.3, 0.4) is 0 Å². The van der Waals surface area contributed by atoms with Gasteiger partial charge in [0.25, 0.3) is 5.91 Å². The monoisotopic (exact) mass is 339 g/mol. The Balaban J connectivity index is 2.29. The van der Waals surface area contributed by atoms with Crippen LogP contribution in [0.4, 0.5) is 13.8 Å². The molecule has 1 aromatic heterocycles. The molecule has 0 atom stereocenters. The first-order chi connectivity index (χ1) is 10.9. The number of esters is 1. The molecule has 0 unspecified atom stereocenters. The van der Waals surface area contributed by atoms with E-state index in [1.807, 2.05) is 6.92 Å². The lowest BCUT2D eigenvalue weighted by Crippen LogP contribution is -2.14. The van der Waals surface area contributed by atoms with Gasteiger partial charge in [-0.25, -0.2) is 13.6 Å². The highest BCUT2D eigenvalue weighted by Crippen LogP contribution is 2.30. The molecular weight excluding hydrogens is 324 g/mol. The van der Waals surface area contributed by atoms with Crippen molar-refractivity contribution in [2.24, 2.45) is 0 Å². The summed E-state index contributed by atoms with van der Waals surface area (Å²) in [5.74, 6) is -2.94. The SMILES string of the molecule is CCOC(=O)c1cc(CC)sc1NC(=O)c1cc(F)cc(F)c1. The van der Waals surface area contributed by atoms with Gasteiger partial charge < -0.3 is 10.1 Å². The average Bonchev–Trinajstić information content (AvgIpc) is 2.89. The summed E-state index contributed by atoms with van der Waals surface area (Å²) in [5.41, 5.74) is 0.0719. The number of amides is 1. The maximum absolute atomic E-state index is 13.2. The Hall–Kier alpha value is -2.28. The highest BCUT2D eigenvalue weighted by Gasteiger charge is 2.19. The zero-order valence-electron chi connectivity index (χ0n) is 12.6. The minimum atomic E-state index is -0.846. The second-order valence-corrected chi connectivity index (χ2v) is 5.78. The van der Waals surface area contributed by atoms with E-state index in [0.29, 0.717) is 17.5 Å². The second-order valence-electron chi connectivity index (χ2n) is 4.64. The predicted molar refractivity (Wildman–Crippen MR) is 84.0 cm³/mol. The zero-order valence-corrected chi connectivity index (χ0v) is 13.4. The fourth-order valence-electron chi connectivity index (χ4n) is 1.93. The molecule has 0 radical (unpaired) electrons. The van der Waals surface area contributed by atoms with Gasteiger partial charge in [-0.3, -0.25) is 4.79 Å². The van der Waals surface area contributed by atoms with Gasteiger partial charge in [0.05, 0.1) is 12.2 Å². The minimum absolute atomic E-state index is 0.163. The van der Waals surface area contributed by atoms with Gasteiger partial charge in [0.2, 0.25) is 0 Å². The zero-order chi connectivity index (χ0) is 17.0. The topological polar surface area (TPSA) is 55.4 Å². The van der Waals surface area contributed by atoms with Crippen molar-refractivity contribution in [1.29, 1.82) is 0 Å². The second kappa shape index (κ2) is 7.32. The molecule has 0 fully saturated rings. The number of benzene rings is 1. The molecule has 4 nitrogen and oxygen atoms in total. The summed E-state index contributed by atoms with van der Waals surface area (Å²) < 4.78 is 31.4. The molecule has 23 heavy (non-hydrogen) atoms. The molecule has 0 saturated carbocycles. The van der Waals surface area contributed by atoms with Crippen molar-refractivity contribution in [3.05, 3.63) is 51.9 Å². The van der Waals surface area contributed by atoms with Crippen LogP contribution in [-0.2, 0) is 11.2 Å². The third kappa shape index (κ3) is 4.13. The lowest BCUT2D eigenvalue weighted by Gasteiger charge is -2.06. The molecule has 2 rings (SSSR count). The van der Waals surface area contributed by atoms with Gasteiger partial charge in [-0.1, -0.05) is 6.92 Å². The highest BCUT2D eigenvalue weighted by molar-refractivity contribution is 7.16. The largest absolute Gasteiger partial charge is 0.462 e. The number of halogens is 2. The van der Waals surface area contributed by atoms with Crippen molar-refractivity contribution < 1.29 is 23.1 Å². The molecule has 0 saturated heterocycles. The van der Waals surface area contributed by atoms with Crippen LogP contribution >= 0.6 is 11.3 Å². The Morgan fingerprint density at radius 2 is 1.78 bits per heavy atom. The number of carbonyl (C=O) groups excluding carboxylic acids is 2. The van der Waals surface area contributed by atoms with Crippen LogP contribution in [0.5, 0.6) is 0 Å². The van der Waals surface area contributed by atoms with Gasteiger partial charge >= 0.3 is 5.97 Å². The van der Waals surface area contributed by atoms with E-state index in [9.17, 15) is 18.4 Å². The van der Waals surface area contributed by atoms with Crippen LogP contribution in [0.2, 0.25) is 0 Å². The molecular formula is C16H15F2NO3S. The molecule has 0 aliphatic heterocycles.